The van der Waals surface area contributed by atoms with Crippen LogP contribution >= 0.6 is 23.4 Å². The average molecular weight is 324 g/mol. The van der Waals surface area contributed by atoms with E-state index in [0.29, 0.717) is 17.3 Å². The van der Waals surface area contributed by atoms with Crippen molar-refractivity contribution in [3.63, 3.8) is 0 Å². The second-order valence-electron chi connectivity index (χ2n) is 4.54. The van der Waals surface area contributed by atoms with Gasteiger partial charge in [0.1, 0.15) is 18.5 Å². The van der Waals surface area contributed by atoms with E-state index < -0.39 is 6.10 Å². The van der Waals surface area contributed by atoms with Crippen molar-refractivity contribution in [3.05, 3.63) is 53.6 Å². The lowest BCUT2D eigenvalue weighted by atomic mass is 10.3. The zero-order valence-corrected chi connectivity index (χ0v) is 13.3. The van der Waals surface area contributed by atoms with Crippen molar-refractivity contribution in [2.45, 2.75) is 11.0 Å². The number of hydrogen-bond acceptors (Lipinski definition) is 4. The molecule has 0 bridgehead atoms. The Bertz CT molecular complexity index is 580. The Balaban J connectivity index is 1.78. The Labute approximate surface area is 134 Å². The van der Waals surface area contributed by atoms with E-state index in [1.165, 1.54) is 4.90 Å². The number of hydrogen-bond donors (Lipinski definition) is 2. The Morgan fingerprint density at radius 3 is 2.81 bits per heavy atom. The van der Waals surface area contributed by atoms with E-state index in [2.05, 4.69) is 17.4 Å². The molecule has 21 heavy (non-hydrogen) atoms. The van der Waals surface area contributed by atoms with E-state index in [-0.39, 0.29) is 6.61 Å². The van der Waals surface area contributed by atoms with Crippen molar-refractivity contribution in [3.8, 4) is 5.75 Å². The van der Waals surface area contributed by atoms with Crippen LogP contribution in [0.4, 0.5) is 5.69 Å². The number of thioether (sulfide) groups is 1. The molecule has 0 aliphatic rings. The summed E-state index contributed by atoms with van der Waals surface area (Å²) in [5.41, 5.74) is 0.989. The molecule has 0 saturated carbocycles. The van der Waals surface area contributed by atoms with E-state index in [0.717, 1.165) is 5.69 Å². The standard InChI is InChI=1S/C16H18ClNO2S/c1-21-16-7-3-5-13(9-16)18-10-14(19)11-20-15-6-2-4-12(17)8-15/h2-9,14,18-19H,10-11H2,1H3. The van der Waals surface area contributed by atoms with Gasteiger partial charge in [0, 0.05) is 22.2 Å². The number of aliphatic hydroxyl groups is 1. The second-order valence-corrected chi connectivity index (χ2v) is 5.85. The van der Waals surface area contributed by atoms with Gasteiger partial charge in [0.15, 0.2) is 0 Å². The lowest BCUT2D eigenvalue weighted by molar-refractivity contribution is 0.117. The zero-order valence-electron chi connectivity index (χ0n) is 11.8. The van der Waals surface area contributed by atoms with Crippen LogP contribution in [-0.2, 0) is 0 Å². The average Bonchev–Trinajstić information content (AvgIpc) is 2.51. The molecule has 0 heterocycles. The molecule has 1 atom stereocenters. The van der Waals surface area contributed by atoms with Crippen LogP contribution < -0.4 is 10.1 Å². The molecule has 0 aromatic heterocycles. The Hall–Kier alpha value is -1.36. The van der Waals surface area contributed by atoms with Crippen LogP contribution in [0.15, 0.2) is 53.4 Å². The van der Waals surface area contributed by atoms with E-state index in [1.54, 1.807) is 23.9 Å². The van der Waals surface area contributed by atoms with Crippen molar-refractivity contribution in [2.75, 3.05) is 24.7 Å². The molecule has 2 aromatic rings. The molecule has 2 aromatic carbocycles. The topological polar surface area (TPSA) is 41.5 Å². The minimum Gasteiger partial charge on any atom is -0.491 e. The predicted molar refractivity (Wildman–Crippen MR) is 89.7 cm³/mol. The molecule has 0 amide bonds. The number of halogens is 1. The third-order valence-electron chi connectivity index (χ3n) is 2.85. The first-order chi connectivity index (χ1) is 10.2. The van der Waals surface area contributed by atoms with Gasteiger partial charge >= 0.3 is 0 Å². The first kappa shape index (κ1) is 16.0. The summed E-state index contributed by atoms with van der Waals surface area (Å²) in [6, 6.07) is 15.2. The number of rotatable bonds is 7. The number of aliphatic hydroxyl groups excluding tert-OH is 1. The largest absolute Gasteiger partial charge is 0.491 e. The monoisotopic (exact) mass is 323 g/mol. The van der Waals surface area contributed by atoms with E-state index in [9.17, 15) is 5.11 Å². The van der Waals surface area contributed by atoms with Crippen LogP contribution in [0, 0.1) is 0 Å². The molecular weight excluding hydrogens is 306 g/mol. The quantitative estimate of drug-likeness (QED) is 0.758. The summed E-state index contributed by atoms with van der Waals surface area (Å²) in [5, 5.41) is 13.8. The highest BCUT2D eigenvalue weighted by Gasteiger charge is 2.06. The maximum atomic E-state index is 9.94. The molecule has 2 rings (SSSR count). The minimum atomic E-state index is -0.595. The number of anilines is 1. The third-order valence-corrected chi connectivity index (χ3v) is 3.81. The molecule has 0 aliphatic carbocycles. The maximum Gasteiger partial charge on any atom is 0.120 e. The summed E-state index contributed by atoms with van der Waals surface area (Å²) in [4.78, 5) is 1.18. The Morgan fingerprint density at radius 2 is 2.05 bits per heavy atom. The maximum absolute atomic E-state index is 9.94. The lowest BCUT2D eigenvalue weighted by Crippen LogP contribution is -2.26. The van der Waals surface area contributed by atoms with Gasteiger partial charge in [-0.1, -0.05) is 23.7 Å². The van der Waals surface area contributed by atoms with Crippen molar-refractivity contribution in [1.29, 1.82) is 0 Å². The molecular formula is C16H18ClNO2S. The molecule has 2 N–H and O–H groups in total. The summed E-state index contributed by atoms with van der Waals surface area (Å²) in [6.45, 7) is 0.647. The molecule has 0 fully saturated rings. The molecule has 0 aliphatic heterocycles. The van der Waals surface area contributed by atoms with Gasteiger partial charge in [0.2, 0.25) is 0 Å². The third kappa shape index (κ3) is 5.50. The summed E-state index contributed by atoms with van der Waals surface area (Å²) in [6.07, 6.45) is 1.44. The Morgan fingerprint density at radius 1 is 1.24 bits per heavy atom. The van der Waals surface area contributed by atoms with E-state index in [1.807, 2.05) is 30.5 Å². The minimum absolute atomic E-state index is 0.218. The molecule has 1 unspecified atom stereocenters. The zero-order chi connectivity index (χ0) is 15.1. The van der Waals surface area contributed by atoms with Gasteiger partial charge in [-0.3, -0.25) is 0 Å². The summed E-state index contributed by atoms with van der Waals surface area (Å²) in [7, 11) is 0. The SMILES string of the molecule is CSc1cccc(NCC(O)COc2cccc(Cl)c2)c1. The fraction of sp³-hybridized carbons (Fsp3) is 0.250. The summed E-state index contributed by atoms with van der Waals surface area (Å²) < 4.78 is 5.50. The Kier molecular flexibility index (Phi) is 6.23. The van der Waals surface area contributed by atoms with Crippen molar-refractivity contribution in [1.82, 2.24) is 0 Å². The van der Waals surface area contributed by atoms with E-state index in [4.69, 9.17) is 16.3 Å². The second kappa shape index (κ2) is 8.17. The van der Waals surface area contributed by atoms with Gasteiger partial charge < -0.3 is 15.2 Å². The molecule has 0 spiro atoms. The summed E-state index contributed by atoms with van der Waals surface area (Å²) in [5.74, 6) is 0.658. The first-order valence-corrected chi connectivity index (χ1v) is 8.22. The smallest absolute Gasteiger partial charge is 0.120 e. The molecule has 0 saturated heterocycles. The van der Waals surface area contributed by atoms with Gasteiger partial charge in [-0.15, -0.1) is 11.8 Å². The van der Waals surface area contributed by atoms with Gasteiger partial charge in [-0.25, -0.2) is 0 Å². The highest BCUT2D eigenvalue weighted by molar-refractivity contribution is 7.98. The highest BCUT2D eigenvalue weighted by atomic mass is 35.5. The van der Waals surface area contributed by atoms with Crippen LogP contribution in [0.1, 0.15) is 0 Å². The van der Waals surface area contributed by atoms with Gasteiger partial charge in [0.25, 0.3) is 0 Å². The van der Waals surface area contributed by atoms with Crippen LogP contribution in [0.2, 0.25) is 5.02 Å². The fourth-order valence-corrected chi connectivity index (χ4v) is 2.42. The van der Waals surface area contributed by atoms with Crippen LogP contribution in [0.3, 0.4) is 0 Å². The van der Waals surface area contributed by atoms with Gasteiger partial charge in [-0.05, 0) is 42.7 Å². The fourth-order valence-electron chi connectivity index (χ4n) is 1.78. The van der Waals surface area contributed by atoms with Crippen molar-refractivity contribution < 1.29 is 9.84 Å². The molecule has 5 heteroatoms. The normalized spacial score (nSPS) is 12.0. The molecule has 0 radical (unpaired) electrons. The number of ether oxygens (including phenoxy) is 1. The number of nitrogens with one attached hydrogen (secondary N) is 1. The van der Waals surface area contributed by atoms with E-state index >= 15 is 0 Å². The molecule has 112 valence electrons. The lowest BCUT2D eigenvalue weighted by Gasteiger charge is -2.14. The first-order valence-electron chi connectivity index (χ1n) is 6.62. The number of benzene rings is 2. The van der Waals surface area contributed by atoms with Crippen molar-refractivity contribution >= 4 is 29.1 Å². The van der Waals surface area contributed by atoms with Crippen molar-refractivity contribution in [2.24, 2.45) is 0 Å². The molecule has 3 nitrogen and oxygen atoms in total. The summed E-state index contributed by atoms with van der Waals surface area (Å²) >= 11 is 7.56. The van der Waals surface area contributed by atoms with Crippen LogP contribution in [0.5, 0.6) is 5.75 Å². The van der Waals surface area contributed by atoms with Gasteiger partial charge in [0.05, 0.1) is 0 Å². The van der Waals surface area contributed by atoms with Crippen LogP contribution in [0.25, 0.3) is 0 Å². The van der Waals surface area contributed by atoms with Crippen LogP contribution in [-0.4, -0.2) is 30.6 Å². The predicted octanol–water partition coefficient (Wildman–Crippen LogP) is 3.91. The van der Waals surface area contributed by atoms with Gasteiger partial charge in [-0.2, -0.15) is 0 Å². The highest BCUT2D eigenvalue weighted by Crippen LogP contribution is 2.19.